The highest BCUT2D eigenvalue weighted by Crippen LogP contribution is 2.20. The lowest BCUT2D eigenvalue weighted by molar-refractivity contribution is -0.137. The fourth-order valence-electron chi connectivity index (χ4n) is 3.86. The van der Waals surface area contributed by atoms with Crippen LogP contribution in [0.3, 0.4) is 0 Å². The van der Waals surface area contributed by atoms with Gasteiger partial charge in [-0.2, -0.15) is 0 Å². The van der Waals surface area contributed by atoms with E-state index in [0.717, 1.165) is 26.2 Å². The fourth-order valence-corrected chi connectivity index (χ4v) is 3.86. The Hall–Kier alpha value is -0.650. The number of piperidine rings is 2. The van der Waals surface area contributed by atoms with Gasteiger partial charge >= 0.3 is 0 Å². The maximum absolute atomic E-state index is 12.4. The van der Waals surface area contributed by atoms with Crippen LogP contribution in [0.4, 0.5) is 0 Å². The van der Waals surface area contributed by atoms with Crippen LogP contribution in [-0.4, -0.2) is 85.7 Å². The predicted molar refractivity (Wildman–Crippen MR) is 82.3 cm³/mol. The smallest absolute Gasteiger partial charge is 0.236 e. The van der Waals surface area contributed by atoms with Crippen LogP contribution >= 0.6 is 0 Å². The van der Waals surface area contributed by atoms with E-state index in [1.807, 2.05) is 4.90 Å². The maximum Gasteiger partial charge on any atom is 0.236 e. The second-order valence-electron chi connectivity index (χ2n) is 6.62. The largest absolute Gasteiger partial charge is 0.378 e. The van der Waals surface area contributed by atoms with Crippen LogP contribution in [0.15, 0.2) is 0 Å². The lowest BCUT2D eigenvalue weighted by Crippen LogP contribution is -2.52. The van der Waals surface area contributed by atoms with Crippen molar-refractivity contribution in [1.29, 1.82) is 0 Å². The van der Waals surface area contributed by atoms with Crippen molar-refractivity contribution in [2.24, 2.45) is 0 Å². The summed E-state index contributed by atoms with van der Waals surface area (Å²) in [7, 11) is 0. The van der Waals surface area contributed by atoms with Crippen LogP contribution in [0.2, 0.25) is 0 Å². The van der Waals surface area contributed by atoms with Gasteiger partial charge in [-0.25, -0.2) is 0 Å². The lowest BCUT2D eigenvalue weighted by atomic mass is 10.0. The topological polar surface area (TPSA) is 36.0 Å². The highest BCUT2D eigenvalue weighted by Gasteiger charge is 2.28. The van der Waals surface area contributed by atoms with E-state index >= 15 is 0 Å². The number of carbonyl (C=O) groups is 1. The summed E-state index contributed by atoms with van der Waals surface area (Å²) in [5.41, 5.74) is 0. The van der Waals surface area contributed by atoms with Gasteiger partial charge in [0.1, 0.15) is 0 Å². The highest BCUT2D eigenvalue weighted by atomic mass is 16.5. The van der Waals surface area contributed by atoms with Gasteiger partial charge in [-0.1, -0.05) is 6.42 Å². The minimum absolute atomic E-state index is 0.289. The zero-order chi connectivity index (χ0) is 14.5. The molecular formula is C16H29N3O2. The quantitative estimate of drug-likeness (QED) is 0.771. The first kappa shape index (κ1) is 15.3. The van der Waals surface area contributed by atoms with Crippen molar-refractivity contribution in [3.05, 3.63) is 0 Å². The first-order chi connectivity index (χ1) is 10.3. The van der Waals surface area contributed by atoms with E-state index in [-0.39, 0.29) is 5.91 Å². The molecule has 1 amide bonds. The first-order valence-corrected chi connectivity index (χ1v) is 8.65. The van der Waals surface area contributed by atoms with Gasteiger partial charge in [-0.3, -0.25) is 14.6 Å². The van der Waals surface area contributed by atoms with Crippen LogP contribution < -0.4 is 0 Å². The van der Waals surface area contributed by atoms with E-state index in [2.05, 4.69) is 9.80 Å². The molecule has 5 nitrogen and oxygen atoms in total. The van der Waals surface area contributed by atoms with Gasteiger partial charge in [0.25, 0.3) is 0 Å². The number of amides is 1. The van der Waals surface area contributed by atoms with Crippen molar-refractivity contribution in [2.75, 3.05) is 59.0 Å². The zero-order valence-corrected chi connectivity index (χ0v) is 13.1. The Balaban J connectivity index is 1.47. The summed E-state index contributed by atoms with van der Waals surface area (Å²) in [5, 5.41) is 0. The SMILES string of the molecule is O=C(CN1CCC[C@H](N2CCCCC2)C1)N1CCOCC1. The molecule has 3 saturated heterocycles. The predicted octanol–water partition coefficient (Wildman–Crippen LogP) is 0.796. The van der Waals surface area contributed by atoms with Gasteiger partial charge in [-0.05, 0) is 45.3 Å². The van der Waals surface area contributed by atoms with Crippen LogP contribution in [0, 0.1) is 0 Å². The maximum atomic E-state index is 12.4. The van der Waals surface area contributed by atoms with Crippen LogP contribution in [0.5, 0.6) is 0 Å². The van der Waals surface area contributed by atoms with E-state index in [1.54, 1.807) is 0 Å². The third-order valence-electron chi connectivity index (χ3n) is 5.11. The Labute approximate surface area is 128 Å². The fraction of sp³-hybridized carbons (Fsp3) is 0.938. The van der Waals surface area contributed by atoms with Crippen LogP contribution in [0.25, 0.3) is 0 Å². The van der Waals surface area contributed by atoms with Gasteiger partial charge in [0.05, 0.1) is 19.8 Å². The average Bonchev–Trinajstić information content (AvgIpc) is 2.57. The molecule has 0 saturated carbocycles. The minimum Gasteiger partial charge on any atom is -0.378 e. The summed E-state index contributed by atoms with van der Waals surface area (Å²) >= 11 is 0. The van der Waals surface area contributed by atoms with Crippen molar-refractivity contribution in [3.8, 4) is 0 Å². The molecule has 0 bridgehead atoms. The molecule has 120 valence electrons. The summed E-state index contributed by atoms with van der Waals surface area (Å²) < 4.78 is 5.32. The summed E-state index contributed by atoms with van der Waals surface area (Å²) in [6.45, 7) is 8.21. The second-order valence-corrected chi connectivity index (χ2v) is 6.62. The summed E-state index contributed by atoms with van der Waals surface area (Å²) in [6, 6.07) is 0.677. The molecule has 0 aliphatic carbocycles. The zero-order valence-electron chi connectivity index (χ0n) is 13.1. The van der Waals surface area contributed by atoms with E-state index < -0.39 is 0 Å². The van der Waals surface area contributed by atoms with Crippen molar-refractivity contribution in [2.45, 2.75) is 38.1 Å². The van der Waals surface area contributed by atoms with Crippen molar-refractivity contribution in [3.63, 3.8) is 0 Å². The number of morpholine rings is 1. The van der Waals surface area contributed by atoms with Crippen LogP contribution in [0.1, 0.15) is 32.1 Å². The average molecular weight is 295 g/mol. The molecule has 0 N–H and O–H groups in total. The Morgan fingerprint density at radius 1 is 0.952 bits per heavy atom. The Bertz CT molecular complexity index is 338. The monoisotopic (exact) mass is 295 g/mol. The van der Waals surface area contributed by atoms with Crippen molar-refractivity contribution >= 4 is 5.91 Å². The lowest BCUT2D eigenvalue weighted by Gasteiger charge is -2.41. The van der Waals surface area contributed by atoms with E-state index in [4.69, 9.17) is 4.74 Å². The normalized spacial score (nSPS) is 29.5. The molecule has 0 aromatic rings. The molecule has 0 radical (unpaired) electrons. The second kappa shape index (κ2) is 7.56. The third-order valence-corrected chi connectivity index (χ3v) is 5.11. The molecule has 3 fully saturated rings. The Kier molecular flexibility index (Phi) is 5.49. The molecule has 3 heterocycles. The first-order valence-electron chi connectivity index (χ1n) is 8.65. The van der Waals surface area contributed by atoms with E-state index in [1.165, 1.54) is 45.2 Å². The minimum atomic E-state index is 0.289. The number of likely N-dealkylation sites (tertiary alicyclic amines) is 2. The summed E-state index contributed by atoms with van der Waals surface area (Å²) in [4.78, 5) is 19.4. The van der Waals surface area contributed by atoms with Crippen molar-refractivity contribution in [1.82, 2.24) is 14.7 Å². The van der Waals surface area contributed by atoms with Gasteiger partial charge in [0, 0.05) is 25.7 Å². The van der Waals surface area contributed by atoms with E-state index in [0.29, 0.717) is 25.8 Å². The molecule has 1 atom stereocenters. The summed E-state index contributed by atoms with van der Waals surface area (Å²) in [5.74, 6) is 0.289. The highest BCUT2D eigenvalue weighted by molar-refractivity contribution is 5.78. The molecule has 3 rings (SSSR count). The number of ether oxygens (including phenoxy) is 1. The van der Waals surface area contributed by atoms with Gasteiger partial charge < -0.3 is 9.64 Å². The summed E-state index contributed by atoms with van der Waals surface area (Å²) in [6.07, 6.45) is 6.63. The Morgan fingerprint density at radius 2 is 1.71 bits per heavy atom. The van der Waals surface area contributed by atoms with Gasteiger partial charge in [-0.15, -0.1) is 0 Å². The molecule has 0 aromatic carbocycles. The standard InChI is InChI=1S/C16H29N3O2/c20-16(19-9-11-21-12-10-19)14-17-6-4-5-15(13-17)18-7-2-1-3-8-18/h15H,1-14H2/t15-/m0/s1. The van der Waals surface area contributed by atoms with Crippen molar-refractivity contribution < 1.29 is 9.53 Å². The number of hydrogen-bond acceptors (Lipinski definition) is 4. The molecular weight excluding hydrogens is 266 g/mol. The van der Waals surface area contributed by atoms with E-state index in [9.17, 15) is 4.79 Å². The third kappa shape index (κ3) is 4.18. The number of hydrogen-bond donors (Lipinski definition) is 0. The number of carbonyl (C=O) groups excluding carboxylic acids is 1. The molecule has 0 unspecified atom stereocenters. The molecule has 3 aliphatic rings. The molecule has 0 spiro atoms. The number of nitrogens with zero attached hydrogens (tertiary/aromatic N) is 3. The molecule has 3 aliphatic heterocycles. The van der Waals surface area contributed by atoms with Gasteiger partial charge in [0.2, 0.25) is 5.91 Å². The Morgan fingerprint density at radius 3 is 2.48 bits per heavy atom. The van der Waals surface area contributed by atoms with Crippen LogP contribution in [-0.2, 0) is 9.53 Å². The number of rotatable bonds is 3. The molecule has 21 heavy (non-hydrogen) atoms. The molecule has 5 heteroatoms. The van der Waals surface area contributed by atoms with Gasteiger partial charge in [0.15, 0.2) is 0 Å². The molecule has 0 aromatic heterocycles.